The van der Waals surface area contributed by atoms with Crippen molar-refractivity contribution < 1.29 is 19.4 Å². The van der Waals surface area contributed by atoms with Gasteiger partial charge in [0.15, 0.2) is 5.96 Å². The highest BCUT2D eigenvalue weighted by atomic mass is 16.5. The number of phenolic OH excluding ortho intramolecular Hbond substituents is 1. The van der Waals surface area contributed by atoms with E-state index in [9.17, 15) is 14.7 Å². The molecule has 3 N–H and O–H groups in total. The quantitative estimate of drug-likeness (QED) is 0.281. The van der Waals surface area contributed by atoms with Gasteiger partial charge >= 0.3 is 5.97 Å². The Bertz CT molecular complexity index is 667. The molecule has 28 heavy (non-hydrogen) atoms. The van der Waals surface area contributed by atoms with Gasteiger partial charge in [0, 0.05) is 31.7 Å². The Kier molecular flexibility index (Phi) is 8.58. The van der Waals surface area contributed by atoms with Crippen molar-refractivity contribution in [2.75, 3.05) is 39.3 Å². The van der Waals surface area contributed by atoms with Gasteiger partial charge < -0.3 is 25.4 Å². The van der Waals surface area contributed by atoms with Crippen molar-refractivity contribution in [3.05, 3.63) is 29.8 Å². The molecule has 0 aromatic heterocycles. The zero-order valence-corrected chi connectivity index (χ0v) is 16.6. The molecule has 1 aliphatic rings. The zero-order chi connectivity index (χ0) is 20.4. The van der Waals surface area contributed by atoms with Gasteiger partial charge in [-0.3, -0.25) is 14.6 Å². The summed E-state index contributed by atoms with van der Waals surface area (Å²) >= 11 is 0. The molecule has 1 amide bonds. The molecular formula is C20H30N4O4. The number of hydrogen-bond donors (Lipinski definition) is 3. The van der Waals surface area contributed by atoms with Crippen molar-refractivity contribution in [2.24, 2.45) is 10.9 Å². The first-order chi connectivity index (χ1) is 13.5. The van der Waals surface area contributed by atoms with E-state index in [2.05, 4.69) is 20.5 Å². The number of carbonyl (C=O) groups excluding carboxylic acids is 2. The summed E-state index contributed by atoms with van der Waals surface area (Å²) in [6, 6.07) is 6.11. The summed E-state index contributed by atoms with van der Waals surface area (Å²) < 4.78 is 5.11. The fraction of sp³-hybridized carbons (Fsp3) is 0.550. The minimum absolute atomic E-state index is 0.0383. The number of nitrogens with zero attached hydrogens (tertiary/aromatic N) is 2. The van der Waals surface area contributed by atoms with Gasteiger partial charge in [-0.25, -0.2) is 0 Å². The number of ether oxygens (including phenoxy) is 1. The number of guanidine groups is 1. The van der Waals surface area contributed by atoms with Crippen LogP contribution in [0.25, 0.3) is 0 Å². The lowest BCUT2D eigenvalue weighted by molar-refractivity contribution is -0.149. The Morgan fingerprint density at radius 2 is 1.86 bits per heavy atom. The van der Waals surface area contributed by atoms with Gasteiger partial charge in [-0.05, 0) is 51.0 Å². The lowest BCUT2D eigenvalue weighted by Crippen LogP contribution is -2.47. The van der Waals surface area contributed by atoms with Crippen molar-refractivity contribution in [3.63, 3.8) is 0 Å². The van der Waals surface area contributed by atoms with E-state index >= 15 is 0 Å². The van der Waals surface area contributed by atoms with Crippen LogP contribution in [0.15, 0.2) is 29.3 Å². The number of nitrogens with one attached hydrogen (secondary N) is 2. The third-order valence-electron chi connectivity index (χ3n) is 4.54. The van der Waals surface area contributed by atoms with Gasteiger partial charge in [0.05, 0.1) is 19.1 Å². The number of esters is 1. The van der Waals surface area contributed by atoms with Crippen molar-refractivity contribution in [1.29, 1.82) is 0 Å². The van der Waals surface area contributed by atoms with Crippen LogP contribution < -0.4 is 10.6 Å². The maximum absolute atomic E-state index is 12.1. The average Bonchev–Trinajstić information content (AvgIpc) is 2.71. The van der Waals surface area contributed by atoms with Crippen LogP contribution in [0.5, 0.6) is 5.75 Å². The molecule has 0 saturated carbocycles. The number of piperidine rings is 1. The molecule has 0 bridgehead atoms. The predicted octanol–water partition coefficient (Wildman–Crippen LogP) is 1.36. The fourth-order valence-corrected chi connectivity index (χ4v) is 3.06. The number of benzene rings is 1. The predicted molar refractivity (Wildman–Crippen MR) is 107 cm³/mol. The second-order valence-electron chi connectivity index (χ2n) is 6.55. The van der Waals surface area contributed by atoms with E-state index in [1.807, 2.05) is 13.8 Å². The molecule has 8 nitrogen and oxygen atoms in total. The van der Waals surface area contributed by atoms with Crippen molar-refractivity contribution in [2.45, 2.75) is 26.7 Å². The molecule has 1 aromatic carbocycles. The highest BCUT2D eigenvalue weighted by molar-refractivity contribution is 5.94. The second kappa shape index (κ2) is 11.2. The smallest absolute Gasteiger partial charge is 0.309 e. The zero-order valence-electron chi connectivity index (χ0n) is 16.6. The van der Waals surface area contributed by atoms with Gasteiger partial charge in [0.2, 0.25) is 0 Å². The van der Waals surface area contributed by atoms with E-state index in [0.717, 1.165) is 38.4 Å². The molecule has 0 aliphatic carbocycles. The highest BCUT2D eigenvalue weighted by Gasteiger charge is 2.27. The minimum Gasteiger partial charge on any atom is -0.508 e. The Balaban J connectivity index is 1.81. The summed E-state index contributed by atoms with van der Waals surface area (Å²) in [6.07, 6.45) is 1.50. The second-order valence-corrected chi connectivity index (χ2v) is 6.55. The summed E-state index contributed by atoms with van der Waals surface area (Å²) in [7, 11) is 0. The Labute approximate surface area is 166 Å². The van der Waals surface area contributed by atoms with Gasteiger partial charge in [-0.15, -0.1) is 0 Å². The summed E-state index contributed by atoms with van der Waals surface area (Å²) in [5, 5.41) is 15.4. The molecule has 1 fully saturated rings. The molecule has 0 radical (unpaired) electrons. The van der Waals surface area contributed by atoms with E-state index in [-0.39, 0.29) is 23.5 Å². The van der Waals surface area contributed by atoms with E-state index in [4.69, 9.17) is 4.74 Å². The van der Waals surface area contributed by atoms with Crippen LogP contribution in [0, 0.1) is 5.92 Å². The number of amides is 1. The monoisotopic (exact) mass is 390 g/mol. The number of aromatic hydroxyl groups is 1. The van der Waals surface area contributed by atoms with Crippen LogP contribution in [-0.4, -0.2) is 67.2 Å². The fourth-order valence-electron chi connectivity index (χ4n) is 3.06. The molecule has 1 aromatic rings. The van der Waals surface area contributed by atoms with Crippen molar-refractivity contribution >= 4 is 17.8 Å². The van der Waals surface area contributed by atoms with Gasteiger partial charge in [-0.2, -0.15) is 0 Å². The third-order valence-corrected chi connectivity index (χ3v) is 4.54. The number of aliphatic imine (C=N–C) groups is 1. The maximum atomic E-state index is 12.1. The van der Waals surface area contributed by atoms with Crippen LogP contribution in [0.1, 0.15) is 37.0 Å². The number of rotatable bonds is 7. The SMILES string of the molecule is CCNC(=NCCNC(=O)c1ccc(O)cc1)N1CCC(C(=O)OCC)CC1. The summed E-state index contributed by atoms with van der Waals surface area (Å²) in [5.41, 5.74) is 0.495. The van der Waals surface area contributed by atoms with Crippen molar-refractivity contribution in [1.82, 2.24) is 15.5 Å². The minimum atomic E-state index is -0.199. The van der Waals surface area contributed by atoms with Crippen LogP contribution in [0.3, 0.4) is 0 Å². The maximum Gasteiger partial charge on any atom is 0.309 e. The Hall–Kier alpha value is -2.77. The largest absolute Gasteiger partial charge is 0.508 e. The van der Waals surface area contributed by atoms with Gasteiger partial charge in [-0.1, -0.05) is 0 Å². The molecule has 8 heteroatoms. The molecular weight excluding hydrogens is 360 g/mol. The number of carbonyl (C=O) groups is 2. The Morgan fingerprint density at radius 1 is 1.18 bits per heavy atom. The third kappa shape index (κ3) is 6.44. The van der Waals surface area contributed by atoms with Crippen LogP contribution in [0.4, 0.5) is 0 Å². The lowest BCUT2D eigenvalue weighted by atomic mass is 9.97. The molecule has 1 aliphatic heterocycles. The highest BCUT2D eigenvalue weighted by Crippen LogP contribution is 2.18. The normalized spacial score (nSPS) is 15.2. The summed E-state index contributed by atoms with van der Waals surface area (Å²) in [6.45, 7) is 7.34. The van der Waals surface area contributed by atoms with Crippen LogP contribution in [-0.2, 0) is 9.53 Å². The number of hydrogen-bond acceptors (Lipinski definition) is 5. The molecule has 0 spiro atoms. The van der Waals surface area contributed by atoms with Gasteiger partial charge in [0.25, 0.3) is 5.91 Å². The van der Waals surface area contributed by atoms with Crippen molar-refractivity contribution in [3.8, 4) is 5.75 Å². The molecule has 2 rings (SSSR count). The molecule has 0 atom stereocenters. The number of phenols is 1. The van der Waals surface area contributed by atoms with Crippen LogP contribution in [0.2, 0.25) is 0 Å². The standard InChI is InChI=1S/C20H30N4O4/c1-3-21-20(24-13-9-16(10-14-24)19(27)28-4-2)23-12-11-22-18(26)15-5-7-17(25)8-6-15/h5-8,16,25H,3-4,9-14H2,1-2H3,(H,21,23)(H,22,26). The molecule has 0 unspecified atom stereocenters. The van der Waals surface area contributed by atoms with E-state index in [1.165, 1.54) is 12.1 Å². The molecule has 154 valence electrons. The average molecular weight is 390 g/mol. The number of likely N-dealkylation sites (tertiary alicyclic amines) is 1. The van der Waals surface area contributed by atoms with E-state index < -0.39 is 0 Å². The molecule has 1 heterocycles. The van der Waals surface area contributed by atoms with E-state index in [0.29, 0.717) is 25.3 Å². The van der Waals surface area contributed by atoms with Crippen LogP contribution >= 0.6 is 0 Å². The lowest BCUT2D eigenvalue weighted by Gasteiger charge is -2.33. The summed E-state index contributed by atoms with van der Waals surface area (Å²) in [5.74, 6) is 0.576. The first-order valence-corrected chi connectivity index (χ1v) is 9.82. The first kappa shape index (κ1) is 21.5. The Morgan fingerprint density at radius 3 is 2.46 bits per heavy atom. The van der Waals surface area contributed by atoms with Gasteiger partial charge in [0.1, 0.15) is 5.75 Å². The molecule has 1 saturated heterocycles. The summed E-state index contributed by atoms with van der Waals surface area (Å²) in [4.78, 5) is 30.7. The first-order valence-electron chi connectivity index (χ1n) is 9.82. The van der Waals surface area contributed by atoms with E-state index in [1.54, 1.807) is 12.1 Å². The topological polar surface area (TPSA) is 103 Å².